The molecule has 1 saturated heterocycles. The molecule has 23 heavy (non-hydrogen) atoms. The summed E-state index contributed by atoms with van der Waals surface area (Å²) < 4.78 is 5.36. The topological polar surface area (TPSA) is 50.8 Å². The van der Waals surface area contributed by atoms with Crippen molar-refractivity contribution in [2.75, 3.05) is 32.8 Å². The average molecular weight is 309 g/mol. The lowest BCUT2D eigenvalue weighted by atomic mass is 9.91. The standard InChI is InChI=1S/C19H23N3O/c20-19(22-11-13-23-14-12-22)21-15-18(16-7-3-1-4-8-16)17-9-5-2-6-10-17/h1-10,18H,11-15H2,(H2,20,21). The molecule has 120 valence electrons. The Bertz CT molecular complexity index is 582. The number of benzene rings is 2. The van der Waals surface area contributed by atoms with Crippen LogP contribution in [0.3, 0.4) is 0 Å². The van der Waals surface area contributed by atoms with E-state index >= 15 is 0 Å². The summed E-state index contributed by atoms with van der Waals surface area (Å²) in [5.74, 6) is 0.835. The van der Waals surface area contributed by atoms with Crippen molar-refractivity contribution in [2.24, 2.45) is 10.7 Å². The third-order valence-corrected chi connectivity index (χ3v) is 4.17. The minimum Gasteiger partial charge on any atom is -0.378 e. The molecular weight excluding hydrogens is 286 g/mol. The van der Waals surface area contributed by atoms with Crippen LogP contribution in [0.15, 0.2) is 65.7 Å². The number of rotatable bonds is 4. The number of hydrogen-bond acceptors (Lipinski definition) is 2. The van der Waals surface area contributed by atoms with Crippen LogP contribution in [0.4, 0.5) is 0 Å². The third kappa shape index (κ3) is 4.11. The van der Waals surface area contributed by atoms with E-state index in [0.717, 1.165) is 26.3 Å². The molecule has 0 bridgehead atoms. The molecule has 0 radical (unpaired) electrons. The van der Waals surface area contributed by atoms with Gasteiger partial charge < -0.3 is 15.4 Å². The summed E-state index contributed by atoms with van der Waals surface area (Å²) in [5, 5.41) is 0. The van der Waals surface area contributed by atoms with E-state index < -0.39 is 0 Å². The summed E-state index contributed by atoms with van der Waals surface area (Å²) in [5.41, 5.74) is 8.70. The summed E-state index contributed by atoms with van der Waals surface area (Å²) >= 11 is 0. The molecule has 2 N–H and O–H groups in total. The molecule has 3 rings (SSSR count). The Labute approximate surface area is 137 Å². The Balaban J connectivity index is 1.79. The SMILES string of the molecule is NC(=NCC(c1ccccc1)c1ccccc1)N1CCOCC1. The number of guanidine groups is 1. The summed E-state index contributed by atoms with van der Waals surface area (Å²) in [6.07, 6.45) is 0. The van der Waals surface area contributed by atoms with Crippen molar-refractivity contribution >= 4 is 5.96 Å². The lowest BCUT2D eigenvalue weighted by Crippen LogP contribution is -2.45. The molecule has 1 aliphatic rings. The van der Waals surface area contributed by atoms with Crippen LogP contribution in [0.5, 0.6) is 0 Å². The van der Waals surface area contributed by atoms with Gasteiger partial charge in [-0.05, 0) is 11.1 Å². The Hall–Kier alpha value is -2.33. The number of nitrogens with zero attached hydrogens (tertiary/aromatic N) is 2. The van der Waals surface area contributed by atoms with Gasteiger partial charge in [-0.25, -0.2) is 0 Å². The number of aliphatic imine (C=N–C) groups is 1. The van der Waals surface area contributed by atoms with Crippen molar-refractivity contribution < 1.29 is 4.74 Å². The summed E-state index contributed by atoms with van der Waals surface area (Å²) in [7, 11) is 0. The zero-order valence-corrected chi connectivity index (χ0v) is 13.3. The molecule has 0 saturated carbocycles. The molecule has 1 fully saturated rings. The van der Waals surface area contributed by atoms with Crippen molar-refractivity contribution in [3.63, 3.8) is 0 Å². The predicted molar refractivity (Wildman–Crippen MR) is 93.6 cm³/mol. The number of ether oxygens (including phenoxy) is 1. The second kappa shape index (κ2) is 7.79. The third-order valence-electron chi connectivity index (χ3n) is 4.17. The van der Waals surface area contributed by atoms with E-state index in [-0.39, 0.29) is 5.92 Å². The molecule has 0 atom stereocenters. The van der Waals surface area contributed by atoms with Gasteiger partial charge >= 0.3 is 0 Å². The van der Waals surface area contributed by atoms with Gasteiger partial charge in [-0.2, -0.15) is 0 Å². The van der Waals surface area contributed by atoms with Crippen LogP contribution in [0.25, 0.3) is 0 Å². The molecular formula is C19H23N3O. The summed E-state index contributed by atoms with van der Waals surface area (Å²) in [4.78, 5) is 6.76. The van der Waals surface area contributed by atoms with Crippen molar-refractivity contribution in [2.45, 2.75) is 5.92 Å². The molecule has 0 aliphatic carbocycles. The molecule has 0 aromatic heterocycles. The lowest BCUT2D eigenvalue weighted by molar-refractivity contribution is 0.0674. The molecule has 0 unspecified atom stereocenters. The molecule has 0 spiro atoms. The van der Waals surface area contributed by atoms with Gasteiger partial charge in [0.15, 0.2) is 5.96 Å². The van der Waals surface area contributed by atoms with Crippen molar-refractivity contribution in [3.8, 4) is 0 Å². The highest BCUT2D eigenvalue weighted by Gasteiger charge is 2.16. The molecule has 1 aliphatic heterocycles. The van der Waals surface area contributed by atoms with Crippen LogP contribution in [-0.4, -0.2) is 43.7 Å². The molecule has 2 aromatic carbocycles. The van der Waals surface area contributed by atoms with Gasteiger partial charge in [0.2, 0.25) is 0 Å². The Morgan fingerprint density at radius 2 is 1.48 bits per heavy atom. The van der Waals surface area contributed by atoms with Gasteiger partial charge in [0, 0.05) is 19.0 Å². The molecule has 1 heterocycles. The minimum atomic E-state index is 0.219. The van der Waals surface area contributed by atoms with Crippen molar-refractivity contribution in [3.05, 3.63) is 71.8 Å². The largest absolute Gasteiger partial charge is 0.378 e. The van der Waals surface area contributed by atoms with Gasteiger partial charge in [-0.3, -0.25) is 4.99 Å². The average Bonchev–Trinajstić information content (AvgIpc) is 2.64. The highest BCUT2D eigenvalue weighted by molar-refractivity contribution is 5.78. The Morgan fingerprint density at radius 1 is 0.957 bits per heavy atom. The van der Waals surface area contributed by atoms with Crippen molar-refractivity contribution in [1.82, 2.24) is 4.90 Å². The fraction of sp³-hybridized carbons (Fsp3) is 0.316. The van der Waals surface area contributed by atoms with E-state index in [1.807, 2.05) is 12.1 Å². The molecule has 4 nitrogen and oxygen atoms in total. The van der Waals surface area contributed by atoms with E-state index in [1.54, 1.807) is 0 Å². The second-order valence-corrected chi connectivity index (χ2v) is 5.67. The predicted octanol–water partition coefficient (Wildman–Crippen LogP) is 2.47. The van der Waals surface area contributed by atoms with Crippen LogP contribution in [0.1, 0.15) is 17.0 Å². The molecule has 0 amide bonds. The van der Waals surface area contributed by atoms with Gasteiger partial charge in [-0.1, -0.05) is 60.7 Å². The van der Waals surface area contributed by atoms with Crippen LogP contribution < -0.4 is 5.73 Å². The van der Waals surface area contributed by atoms with Crippen LogP contribution in [0, 0.1) is 0 Å². The summed E-state index contributed by atoms with van der Waals surface area (Å²) in [6.45, 7) is 3.72. The maximum Gasteiger partial charge on any atom is 0.191 e. The number of nitrogens with two attached hydrogens (primary N) is 1. The van der Waals surface area contributed by atoms with Crippen LogP contribution in [-0.2, 0) is 4.74 Å². The first-order chi connectivity index (χ1) is 11.3. The van der Waals surface area contributed by atoms with Gasteiger partial charge in [0.1, 0.15) is 0 Å². The van der Waals surface area contributed by atoms with Crippen molar-refractivity contribution in [1.29, 1.82) is 0 Å². The highest BCUT2D eigenvalue weighted by Crippen LogP contribution is 2.24. The monoisotopic (exact) mass is 309 g/mol. The first-order valence-corrected chi connectivity index (χ1v) is 8.07. The Morgan fingerprint density at radius 3 is 2.00 bits per heavy atom. The zero-order chi connectivity index (χ0) is 15.9. The van der Waals surface area contributed by atoms with E-state index in [2.05, 4.69) is 58.4 Å². The lowest BCUT2D eigenvalue weighted by Gasteiger charge is -2.28. The highest BCUT2D eigenvalue weighted by atomic mass is 16.5. The summed E-state index contributed by atoms with van der Waals surface area (Å²) in [6, 6.07) is 21.0. The molecule has 4 heteroatoms. The van der Waals surface area contributed by atoms with Gasteiger partial charge in [0.25, 0.3) is 0 Å². The first kappa shape index (κ1) is 15.6. The van der Waals surface area contributed by atoms with Gasteiger partial charge in [-0.15, -0.1) is 0 Å². The zero-order valence-electron chi connectivity index (χ0n) is 13.3. The van der Waals surface area contributed by atoms with Crippen LogP contribution in [0.2, 0.25) is 0 Å². The van der Waals surface area contributed by atoms with E-state index in [4.69, 9.17) is 10.5 Å². The fourth-order valence-electron chi connectivity index (χ4n) is 2.85. The smallest absolute Gasteiger partial charge is 0.191 e. The number of morpholine rings is 1. The first-order valence-electron chi connectivity index (χ1n) is 8.07. The number of hydrogen-bond donors (Lipinski definition) is 1. The van der Waals surface area contributed by atoms with E-state index in [9.17, 15) is 0 Å². The maximum absolute atomic E-state index is 6.17. The van der Waals surface area contributed by atoms with Crippen LogP contribution >= 0.6 is 0 Å². The normalized spacial score (nSPS) is 15.9. The molecule has 2 aromatic rings. The van der Waals surface area contributed by atoms with E-state index in [0.29, 0.717) is 12.5 Å². The van der Waals surface area contributed by atoms with E-state index in [1.165, 1.54) is 11.1 Å². The fourth-order valence-corrected chi connectivity index (χ4v) is 2.85. The maximum atomic E-state index is 6.17. The minimum absolute atomic E-state index is 0.219. The second-order valence-electron chi connectivity index (χ2n) is 5.67. The van der Waals surface area contributed by atoms with Gasteiger partial charge in [0.05, 0.1) is 19.8 Å². The quantitative estimate of drug-likeness (QED) is 0.697. The Kier molecular flexibility index (Phi) is 5.27.